The Labute approximate surface area is 239 Å². The molecule has 39 heavy (non-hydrogen) atoms. The van der Waals surface area contributed by atoms with E-state index in [1.807, 2.05) is 39.8 Å². The molecule has 2 aromatic carbocycles. The van der Waals surface area contributed by atoms with E-state index in [1.165, 1.54) is 7.11 Å². The molecule has 7 nitrogen and oxygen atoms in total. The lowest BCUT2D eigenvalue weighted by Gasteiger charge is -2.37. The summed E-state index contributed by atoms with van der Waals surface area (Å²) in [6.07, 6.45) is 7.48. The largest absolute Gasteiger partial charge is 0.468 e. The number of methoxy groups -OCH3 is 1. The highest BCUT2D eigenvalue weighted by atomic mass is 35.5. The van der Waals surface area contributed by atoms with Crippen LogP contribution in [0.4, 0.5) is 0 Å². The van der Waals surface area contributed by atoms with Crippen LogP contribution < -0.4 is 0 Å². The summed E-state index contributed by atoms with van der Waals surface area (Å²) >= 11 is 12.0. The minimum Gasteiger partial charge on any atom is -0.468 e. The standard InChI is InChI=1S/C30H34Cl2N4O3/c1-39-29(38)20-36-27-5-3-2-4-26(27)33-30(36)23-12-14-34(15-13-23)19-22-10-16-35(17-11-22)28(37)9-7-21-6-8-24(31)25(32)18-21/h2-9,18,22-23H,10-17,19-20H2,1H3/b9-7+. The lowest BCUT2D eigenvalue weighted by molar-refractivity contribution is -0.141. The van der Waals surface area contributed by atoms with Crippen LogP contribution in [0.5, 0.6) is 0 Å². The summed E-state index contributed by atoms with van der Waals surface area (Å²) in [6, 6.07) is 13.3. The molecule has 0 unspecified atom stereocenters. The SMILES string of the molecule is COC(=O)Cn1c(C2CCN(CC3CCN(C(=O)/C=C/c4ccc(Cl)c(Cl)c4)CC3)CC2)nc2ccccc21. The Kier molecular flexibility index (Phi) is 8.90. The van der Waals surface area contributed by atoms with E-state index < -0.39 is 0 Å². The van der Waals surface area contributed by atoms with Crippen LogP contribution in [0.25, 0.3) is 17.1 Å². The van der Waals surface area contributed by atoms with Gasteiger partial charge in [0.2, 0.25) is 5.91 Å². The van der Waals surface area contributed by atoms with E-state index in [1.54, 1.807) is 24.3 Å². The Morgan fingerprint density at radius 3 is 2.46 bits per heavy atom. The zero-order valence-corrected chi connectivity index (χ0v) is 23.7. The van der Waals surface area contributed by atoms with Crippen LogP contribution in [0.2, 0.25) is 10.0 Å². The van der Waals surface area contributed by atoms with Gasteiger partial charge in [0.25, 0.3) is 0 Å². The number of carbonyl (C=O) groups excluding carboxylic acids is 2. The fourth-order valence-electron chi connectivity index (χ4n) is 5.73. The number of likely N-dealkylation sites (tertiary alicyclic amines) is 2. The maximum absolute atomic E-state index is 12.7. The second-order valence-corrected chi connectivity index (χ2v) is 11.3. The predicted octanol–water partition coefficient (Wildman–Crippen LogP) is 5.65. The number of benzene rings is 2. The molecule has 0 bridgehead atoms. The smallest absolute Gasteiger partial charge is 0.325 e. The molecule has 1 aromatic heterocycles. The zero-order chi connectivity index (χ0) is 27.4. The van der Waals surface area contributed by atoms with Gasteiger partial charge in [0, 0.05) is 31.6 Å². The van der Waals surface area contributed by atoms with Crippen molar-refractivity contribution in [1.29, 1.82) is 0 Å². The Hall–Kier alpha value is -2.87. The third kappa shape index (κ3) is 6.65. The molecular weight excluding hydrogens is 535 g/mol. The van der Waals surface area contributed by atoms with E-state index in [0.717, 1.165) is 80.8 Å². The molecule has 0 aliphatic carbocycles. The summed E-state index contributed by atoms with van der Waals surface area (Å²) in [6.45, 7) is 4.83. The number of hydrogen-bond donors (Lipinski definition) is 0. The Morgan fingerprint density at radius 2 is 1.74 bits per heavy atom. The van der Waals surface area contributed by atoms with Crippen LogP contribution in [0.3, 0.4) is 0 Å². The van der Waals surface area contributed by atoms with Gasteiger partial charge >= 0.3 is 5.97 Å². The van der Waals surface area contributed by atoms with Crippen LogP contribution in [0, 0.1) is 5.92 Å². The fourth-order valence-corrected chi connectivity index (χ4v) is 6.04. The van der Waals surface area contributed by atoms with Gasteiger partial charge in [-0.25, -0.2) is 4.98 Å². The number of nitrogens with zero attached hydrogens (tertiary/aromatic N) is 4. The van der Waals surface area contributed by atoms with Gasteiger partial charge in [-0.05, 0) is 80.6 Å². The number of amides is 1. The number of para-hydroxylation sites is 2. The lowest BCUT2D eigenvalue weighted by Crippen LogP contribution is -2.42. The van der Waals surface area contributed by atoms with Crippen molar-refractivity contribution in [3.63, 3.8) is 0 Å². The number of aromatic nitrogens is 2. The van der Waals surface area contributed by atoms with Crippen LogP contribution in [0.1, 0.15) is 43.0 Å². The minimum absolute atomic E-state index is 0.0372. The predicted molar refractivity (Wildman–Crippen MR) is 155 cm³/mol. The topological polar surface area (TPSA) is 67.7 Å². The molecule has 2 aliphatic rings. The van der Waals surface area contributed by atoms with Gasteiger partial charge in [-0.3, -0.25) is 9.59 Å². The Morgan fingerprint density at radius 1 is 1.00 bits per heavy atom. The van der Waals surface area contributed by atoms with Gasteiger partial charge in [-0.15, -0.1) is 0 Å². The highest BCUT2D eigenvalue weighted by Gasteiger charge is 2.29. The third-order valence-corrected chi connectivity index (χ3v) is 8.70. The molecule has 0 N–H and O–H groups in total. The van der Waals surface area contributed by atoms with Crippen LogP contribution in [-0.4, -0.2) is 71.1 Å². The molecule has 206 valence electrons. The van der Waals surface area contributed by atoms with Crippen molar-refractivity contribution >= 4 is 52.2 Å². The van der Waals surface area contributed by atoms with E-state index >= 15 is 0 Å². The maximum atomic E-state index is 12.7. The summed E-state index contributed by atoms with van der Waals surface area (Å²) in [4.78, 5) is 34.2. The van der Waals surface area contributed by atoms with Gasteiger partial charge < -0.3 is 19.1 Å². The summed E-state index contributed by atoms with van der Waals surface area (Å²) < 4.78 is 6.98. The number of piperidine rings is 2. The number of esters is 1. The van der Waals surface area contributed by atoms with Gasteiger partial charge in [-0.1, -0.05) is 41.4 Å². The van der Waals surface area contributed by atoms with Crippen molar-refractivity contribution in [2.45, 2.75) is 38.1 Å². The number of carbonyl (C=O) groups is 2. The molecule has 3 aromatic rings. The highest BCUT2D eigenvalue weighted by Crippen LogP contribution is 2.31. The first kappa shape index (κ1) is 27.7. The van der Waals surface area contributed by atoms with Crippen molar-refractivity contribution < 1.29 is 14.3 Å². The molecule has 0 saturated carbocycles. The van der Waals surface area contributed by atoms with E-state index in [-0.39, 0.29) is 18.4 Å². The van der Waals surface area contributed by atoms with Crippen molar-refractivity contribution in [3.8, 4) is 0 Å². The third-order valence-electron chi connectivity index (χ3n) is 7.96. The van der Waals surface area contributed by atoms with Crippen molar-refractivity contribution in [1.82, 2.24) is 19.4 Å². The highest BCUT2D eigenvalue weighted by molar-refractivity contribution is 6.42. The molecule has 0 radical (unpaired) electrons. The zero-order valence-electron chi connectivity index (χ0n) is 22.2. The maximum Gasteiger partial charge on any atom is 0.325 e. The number of imidazole rings is 1. The molecular formula is C30H34Cl2N4O3. The number of halogens is 2. The van der Waals surface area contributed by atoms with Gasteiger partial charge in [-0.2, -0.15) is 0 Å². The number of fused-ring (bicyclic) bond motifs is 1. The number of rotatable bonds is 7. The van der Waals surface area contributed by atoms with Crippen LogP contribution in [0.15, 0.2) is 48.5 Å². The molecule has 2 fully saturated rings. The fraction of sp³-hybridized carbons (Fsp3) is 0.433. The number of ether oxygens (including phenoxy) is 1. The second-order valence-electron chi connectivity index (χ2n) is 10.5. The van der Waals surface area contributed by atoms with Gasteiger partial charge in [0.05, 0.1) is 28.2 Å². The van der Waals surface area contributed by atoms with Crippen LogP contribution in [-0.2, 0) is 20.9 Å². The molecule has 1 amide bonds. The summed E-state index contributed by atoms with van der Waals surface area (Å²) in [5.74, 6) is 1.68. The minimum atomic E-state index is -0.258. The average Bonchev–Trinajstić information content (AvgIpc) is 3.32. The summed E-state index contributed by atoms with van der Waals surface area (Å²) in [5.41, 5.74) is 2.76. The van der Waals surface area contributed by atoms with Crippen molar-refractivity contribution in [2.75, 3.05) is 39.8 Å². The Bertz CT molecular complexity index is 1360. The summed E-state index contributed by atoms with van der Waals surface area (Å²) in [7, 11) is 1.43. The molecule has 0 spiro atoms. The van der Waals surface area contributed by atoms with Gasteiger partial charge in [0.15, 0.2) is 0 Å². The Balaban J connectivity index is 1.11. The van der Waals surface area contributed by atoms with E-state index in [9.17, 15) is 9.59 Å². The monoisotopic (exact) mass is 568 g/mol. The average molecular weight is 570 g/mol. The van der Waals surface area contributed by atoms with Crippen molar-refractivity contribution in [3.05, 3.63) is 70.0 Å². The first-order valence-electron chi connectivity index (χ1n) is 13.6. The summed E-state index contributed by atoms with van der Waals surface area (Å²) in [5, 5.41) is 0.987. The molecule has 9 heteroatoms. The first-order chi connectivity index (χ1) is 18.9. The van der Waals surface area contributed by atoms with E-state index in [0.29, 0.717) is 21.9 Å². The first-order valence-corrected chi connectivity index (χ1v) is 14.3. The second kappa shape index (κ2) is 12.5. The number of hydrogen-bond acceptors (Lipinski definition) is 5. The molecule has 0 atom stereocenters. The van der Waals surface area contributed by atoms with E-state index in [2.05, 4.69) is 4.90 Å². The van der Waals surface area contributed by atoms with Gasteiger partial charge in [0.1, 0.15) is 12.4 Å². The molecule has 3 heterocycles. The van der Waals surface area contributed by atoms with Crippen molar-refractivity contribution in [2.24, 2.45) is 5.92 Å². The molecule has 2 saturated heterocycles. The van der Waals surface area contributed by atoms with Crippen LogP contribution >= 0.6 is 23.2 Å². The van der Waals surface area contributed by atoms with E-state index in [4.69, 9.17) is 32.9 Å². The quantitative estimate of drug-likeness (QED) is 0.272. The molecule has 5 rings (SSSR count). The lowest BCUT2D eigenvalue weighted by atomic mass is 9.92. The molecule has 2 aliphatic heterocycles. The normalized spacial score (nSPS) is 17.8.